The van der Waals surface area contributed by atoms with E-state index in [-0.39, 0.29) is 6.61 Å². The van der Waals surface area contributed by atoms with Crippen molar-refractivity contribution in [1.82, 2.24) is 9.55 Å². The molecule has 0 radical (unpaired) electrons. The molecule has 0 spiro atoms. The summed E-state index contributed by atoms with van der Waals surface area (Å²) >= 11 is 0. The second-order valence-corrected chi connectivity index (χ2v) is 5.73. The molecule has 3 heteroatoms. The summed E-state index contributed by atoms with van der Waals surface area (Å²) in [4.78, 5) is 4.38. The first kappa shape index (κ1) is 12.1. The number of nitrogens with zero attached hydrogens (tertiary/aromatic N) is 2. The fourth-order valence-electron chi connectivity index (χ4n) is 1.83. The standard InChI is InChI=1S/C14H20N2O/c1-14(2,3)6-7-16-10-15-12-5-4-11(9-17)8-13(12)16/h4-5,8,10,17H,6-7,9H2,1-3H3. The van der Waals surface area contributed by atoms with E-state index >= 15 is 0 Å². The molecule has 0 saturated carbocycles. The number of rotatable bonds is 3. The highest BCUT2D eigenvalue weighted by Gasteiger charge is 2.11. The van der Waals surface area contributed by atoms with Crippen molar-refractivity contribution in [1.29, 1.82) is 0 Å². The molecule has 92 valence electrons. The molecule has 0 aliphatic rings. The number of aromatic nitrogens is 2. The highest BCUT2D eigenvalue weighted by Crippen LogP contribution is 2.22. The Morgan fingerprint density at radius 2 is 2.06 bits per heavy atom. The number of hydrogen-bond acceptors (Lipinski definition) is 2. The number of aliphatic hydroxyl groups is 1. The van der Waals surface area contributed by atoms with Crippen molar-refractivity contribution in [3.05, 3.63) is 30.1 Å². The zero-order valence-electron chi connectivity index (χ0n) is 10.8. The van der Waals surface area contributed by atoms with E-state index in [9.17, 15) is 0 Å². The summed E-state index contributed by atoms with van der Waals surface area (Å²) in [6.07, 6.45) is 3.00. The van der Waals surface area contributed by atoms with Crippen LogP contribution in [0.4, 0.5) is 0 Å². The lowest BCUT2D eigenvalue weighted by atomic mass is 9.92. The van der Waals surface area contributed by atoms with Crippen LogP contribution in [0.1, 0.15) is 32.8 Å². The van der Waals surface area contributed by atoms with Gasteiger partial charge < -0.3 is 9.67 Å². The Morgan fingerprint density at radius 1 is 1.29 bits per heavy atom. The molecule has 2 aromatic rings. The Labute approximate surface area is 102 Å². The summed E-state index contributed by atoms with van der Waals surface area (Å²) < 4.78 is 2.17. The largest absolute Gasteiger partial charge is 0.392 e. The molecular formula is C14H20N2O. The van der Waals surface area contributed by atoms with Crippen LogP contribution >= 0.6 is 0 Å². The average Bonchev–Trinajstić information content (AvgIpc) is 2.67. The Morgan fingerprint density at radius 3 is 2.71 bits per heavy atom. The highest BCUT2D eigenvalue weighted by atomic mass is 16.3. The van der Waals surface area contributed by atoms with Crippen molar-refractivity contribution in [2.24, 2.45) is 5.41 Å². The minimum atomic E-state index is 0.0837. The molecule has 1 N–H and O–H groups in total. The van der Waals surface area contributed by atoms with Crippen LogP contribution in [-0.2, 0) is 13.2 Å². The summed E-state index contributed by atoms with van der Waals surface area (Å²) in [6, 6.07) is 5.91. The van der Waals surface area contributed by atoms with Gasteiger partial charge in [-0.1, -0.05) is 26.8 Å². The van der Waals surface area contributed by atoms with Crippen molar-refractivity contribution >= 4 is 11.0 Å². The molecule has 0 atom stereocenters. The third-order valence-electron chi connectivity index (χ3n) is 2.97. The van der Waals surface area contributed by atoms with Gasteiger partial charge in [-0.15, -0.1) is 0 Å². The van der Waals surface area contributed by atoms with E-state index in [0.29, 0.717) is 5.41 Å². The first-order valence-electron chi connectivity index (χ1n) is 6.04. The van der Waals surface area contributed by atoms with Crippen LogP contribution in [0.3, 0.4) is 0 Å². The molecule has 1 aromatic carbocycles. The van der Waals surface area contributed by atoms with Gasteiger partial charge in [0, 0.05) is 6.54 Å². The topological polar surface area (TPSA) is 38.0 Å². The van der Waals surface area contributed by atoms with Crippen molar-refractivity contribution in [2.75, 3.05) is 0 Å². The molecule has 2 rings (SSSR count). The summed E-state index contributed by atoms with van der Waals surface area (Å²) in [5.74, 6) is 0. The number of hydrogen-bond donors (Lipinski definition) is 1. The number of fused-ring (bicyclic) bond motifs is 1. The van der Waals surface area contributed by atoms with Crippen LogP contribution in [0, 0.1) is 5.41 Å². The van der Waals surface area contributed by atoms with Crippen LogP contribution in [0.5, 0.6) is 0 Å². The van der Waals surface area contributed by atoms with Gasteiger partial charge in [-0.05, 0) is 29.5 Å². The predicted octanol–water partition coefficient (Wildman–Crippen LogP) is 2.96. The highest BCUT2D eigenvalue weighted by molar-refractivity contribution is 5.76. The van der Waals surface area contributed by atoms with E-state index in [1.54, 1.807) is 0 Å². The Kier molecular flexibility index (Phi) is 3.20. The van der Waals surface area contributed by atoms with Gasteiger partial charge in [0.05, 0.1) is 24.0 Å². The number of benzene rings is 1. The fourth-order valence-corrected chi connectivity index (χ4v) is 1.83. The molecule has 0 amide bonds. The Balaban J connectivity index is 2.28. The molecule has 3 nitrogen and oxygen atoms in total. The molecule has 0 saturated heterocycles. The van der Waals surface area contributed by atoms with E-state index in [1.807, 2.05) is 24.5 Å². The SMILES string of the molecule is CC(C)(C)CCn1cnc2ccc(CO)cc21. The van der Waals surface area contributed by atoms with Gasteiger partial charge in [0.25, 0.3) is 0 Å². The van der Waals surface area contributed by atoms with Gasteiger partial charge in [0.1, 0.15) is 0 Å². The van der Waals surface area contributed by atoms with Crippen molar-refractivity contribution < 1.29 is 5.11 Å². The van der Waals surface area contributed by atoms with E-state index < -0.39 is 0 Å². The molecule has 1 aromatic heterocycles. The zero-order chi connectivity index (χ0) is 12.5. The molecule has 0 aliphatic carbocycles. The average molecular weight is 232 g/mol. The first-order chi connectivity index (χ1) is 7.99. The number of aliphatic hydroxyl groups excluding tert-OH is 1. The maximum absolute atomic E-state index is 9.15. The normalized spacial score (nSPS) is 12.2. The minimum absolute atomic E-state index is 0.0837. The van der Waals surface area contributed by atoms with Crippen LogP contribution in [0.15, 0.2) is 24.5 Å². The van der Waals surface area contributed by atoms with Gasteiger partial charge in [-0.3, -0.25) is 0 Å². The molecule has 0 fully saturated rings. The second kappa shape index (κ2) is 4.49. The molecule has 1 heterocycles. The van der Waals surface area contributed by atoms with Crippen molar-refractivity contribution in [3.8, 4) is 0 Å². The van der Waals surface area contributed by atoms with Crippen LogP contribution in [0.2, 0.25) is 0 Å². The predicted molar refractivity (Wildman–Crippen MR) is 69.7 cm³/mol. The summed E-state index contributed by atoms with van der Waals surface area (Å²) in [5.41, 5.74) is 3.37. The third-order valence-corrected chi connectivity index (χ3v) is 2.97. The lowest BCUT2D eigenvalue weighted by Gasteiger charge is -2.18. The van der Waals surface area contributed by atoms with E-state index in [2.05, 4.69) is 30.3 Å². The van der Waals surface area contributed by atoms with Gasteiger partial charge in [0.15, 0.2) is 0 Å². The fraction of sp³-hybridized carbons (Fsp3) is 0.500. The first-order valence-corrected chi connectivity index (χ1v) is 6.04. The summed E-state index contributed by atoms with van der Waals surface area (Å²) in [6.45, 7) is 7.77. The number of aryl methyl sites for hydroxylation is 1. The van der Waals surface area contributed by atoms with E-state index in [4.69, 9.17) is 5.11 Å². The molecule has 0 bridgehead atoms. The van der Waals surface area contributed by atoms with Gasteiger partial charge in [-0.2, -0.15) is 0 Å². The van der Waals surface area contributed by atoms with Crippen molar-refractivity contribution in [3.63, 3.8) is 0 Å². The molecule has 0 unspecified atom stereocenters. The van der Waals surface area contributed by atoms with E-state index in [0.717, 1.165) is 29.6 Å². The zero-order valence-corrected chi connectivity index (χ0v) is 10.8. The Hall–Kier alpha value is -1.35. The van der Waals surface area contributed by atoms with Crippen LogP contribution in [0.25, 0.3) is 11.0 Å². The monoisotopic (exact) mass is 232 g/mol. The van der Waals surface area contributed by atoms with Crippen molar-refractivity contribution in [2.45, 2.75) is 40.3 Å². The van der Waals surface area contributed by atoms with Crippen LogP contribution in [-0.4, -0.2) is 14.7 Å². The maximum Gasteiger partial charge on any atom is 0.0958 e. The summed E-state index contributed by atoms with van der Waals surface area (Å²) in [5, 5.41) is 9.15. The van der Waals surface area contributed by atoms with Gasteiger partial charge in [-0.25, -0.2) is 4.98 Å². The smallest absolute Gasteiger partial charge is 0.0958 e. The maximum atomic E-state index is 9.15. The minimum Gasteiger partial charge on any atom is -0.392 e. The van der Waals surface area contributed by atoms with Crippen LogP contribution < -0.4 is 0 Å². The molecule has 0 aliphatic heterocycles. The van der Waals surface area contributed by atoms with Gasteiger partial charge >= 0.3 is 0 Å². The summed E-state index contributed by atoms with van der Waals surface area (Å²) in [7, 11) is 0. The Bertz CT molecular complexity index is 508. The molecular weight excluding hydrogens is 212 g/mol. The van der Waals surface area contributed by atoms with E-state index in [1.165, 1.54) is 0 Å². The lowest BCUT2D eigenvalue weighted by molar-refractivity contribution is 0.282. The number of imidazole rings is 1. The quantitative estimate of drug-likeness (QED) is 0.883. The second-order valence-electron chi connectivity index (χ2n) is 5.73. The third kappa shape index (κ3) is 2.86. The lowest BCUT2D eigenvalue weighted by Crippen LogP contribution is -2.09. The van der Waals surface area contributed by atoms with Gasteiger partial charge in [0.2, 0.25) is 0 Å². The molecule has 17 heavy (non-hydrogen) atoms.